The molecule has 0 aliphatic heterocycles. The van der Waals surface area contributed by atoms with Crippen LogP contribution < -0.4 is 9.47 Å². The van der Waals surface area contributed by atoms with Crippen LogP contribution in [-0.4, -0.2) is 11.0 Å². The van der Waals surface area contributed by atoms with Gasteiger partial charge in [-0.05, 0) is 42.5 Å². The Labute approximate surface area is 147 Å². The zero-order valence-electron chi connectivity index (χ0n) is 11.2. The molecule has 0 saturated carbocycles. The van der Waals surface area contributed by atoms with E-state index in [4.69, 9.17) is 56.5 Å². The molecule has 0 saturated heterocycles. The first-order valence-corrected chi connectivity index (χ1v) is 7.56. The average Bonchev–Trinajstić information content (AvgIpc) is 2.44. The molecule has 0 unspecified atom stereocenters. The lowest BCUT2D eigenvalue weighted by Crippen LogP contribution is -2.08. The van der Waals surface area contributed by atoms with Crippen LogP contribution in [-0.2, 0) is 4.79 Å². The predicted molar refractivity (Wildman–Crippen MR) is 91.6 cm³/mol. The fraction of sp³-hybridized carbons (Fsp3) is 0.0667. The standard InChI is InChI=1S/C15H9Cl3O3S/c1-8(19)20-10-4-2-9(3-5-10)15(22)21-14-7-12(17)11(16)6-13(14)18/h2-7H,1H3. The fourth-order valence-electron chi connectivity index (χ4n) is 1.57. The van der Waals surface area contributed by atoms with E-state index in [-0.39, 0.29) is 5.05 Å². The lowest BCUT2D eigenvalue weighted by Gasteiger charge is -2.10. The maximum absolute atomic E-state index is 10.9. The van der Waals surface area contributed by atoms with Gasteiger partial charge in [0.25, 0.3) is 0 Å². The monoisotopic (exact) mass is 374 g/mol. The molecule has 2 aromatic rings. The smallest absolute Gasteiger partial charge is 0.308 e. The van der Waals surface area contributed by atoms with Gasteiger partial charge in [0.15, 0.2) is 5.05 Å². The van der Waals surface area contributed by atoms with Gasteiger partial charge in [0, 0.05) is 18.6 Å². The summed E-state index contributed by atoms with van der Waals surface area (Å²) in [6.07, 6.45) is 0. The number of hydrogen-bond acceptors (Lipinski definition) is 4. The Kier molecular flexibility index (Phi) is 5.64. The molecule has 0 heterocycles. The minimum Gasteiger partial charge on any atom is -0.444 e. The number of rotatable bonds is 3. The van der Waals surface area contributed by atoms with E-state index in [2.05, 4.69) is 0 Å². The van der Waals surface area contributed by atoms with Gasteiger partial charge in [0.05, 0.1) is 15.1 Å². The Balaban J connectivity index is 2.15. The van der Waals surface area contributed by atoms with Gasteiger partial charge in [-0.15, -0.1) is 0 Å². The molecule has 0 aliphatic rings. The topological polar surface area (TPSA) is 35.5 Å². The third kappa shape index (κ3) is 4.34. The van der Waals surface area contributed by atoms with Crippen LogP contribution in [0.15, 0.2) is 36.4 Å². The normalized spacial score (nSPS) is 10.2. The lowest BCUT2D eigenvalue weighted by molar-refractivity contribution is -0.131. The minimum atomic E-state index is -0.394. The van der Waals surface area contributed by atoms with Gasteiger partial charge < -0.3 is 9.47 Å². The van der Waals surface area contributed by atoms with Crippen LogP contribution in [0, 0.1) is 0 Å². The first kappa shape index (κ1) is 17.0. The first-order valence-electron chi connectivity index (χ1n) is 6.02. The Morgan fingerprint density at radius 1 is 0.955 bits per heavy atom. The highest BCUT2D eigenvalue weighted by Gasteiger charge is 2.11. The van der Waals surface area contributed by atoms with Crippen LogP contribution in [0.3, 0.4) is 0 Å². The minimum absolute atomic E-state index is 0.203. The maximum atomic E-state index is 10.9. The molecule has 114 valence electrons. The van der Waals surface area contributed by atoms with Crippen molar-refractivity contribution in [2.45, 2.75) is 6.92 Å². The summed E-state index contributed by atoms with van der Waals surface area (Å²) < 4.78 is 10.5. The summed E-state index contributed by atoms with van der Waals surface area (Å²) in [5, 5.41) is 1.15. The quantitative estimate of drug-likeness (QED) is 0.314. The molecule has 2 aromatic carbocycles. The molecule has 7 heteroatoms. The molecule has 0 N–H and O–H groups in total. The summed E-state index contributed by atoms with van der Waals surface area (Å²) in [5.74, 6) is 0.339. The van der Waals surface area contributed by atoms with E-state index in [0.29, 0.717) is 32.1 Å². The fourth-order valence-corrected chi connectivity index (χ4v) is 2.37. The summed E-state index contributed by atoms with van der Waals surface area (Å²) in [6, 6.07) is 9.54. The van der Waals surface area contributed by atoms with E-state index in [1.807, 2.05) is 0 Å². The molecule has 0 fully saturated rings. The van der Waals surface area contributed by atoms with Crippen LogP contribution in [0.2, 0.25) is 15.1 Å². The van der Waals surface area contributed by atoms with Crippen molar-refractivity contribution in [2.75, 3.05) is 0 Å². The molecule has 0 atom stereocenters. The van der Waals surface area contributed by atoms with Crippen LogP contribution in [0.25, 0.3) is 0 Å². The molecule has 0 bridgehead atoms. The zero-order valence-corrected chi connectivity index (χ0v) is 14.3. The van der Waals surface area contributed by atoms with Crippen molar-refractivity contribution in [3.8, 4) is 11.5 Å². The number of esters is 1. The predicted octanol–water partition coefficient (Wildman–Crippen LogP) is 5.33. The van der Waals surface area contributed by atoms with Crippen LogP contribution in [0.5, 0.6) is 11.5 Å². The number of halogens is 3. The summed E-state index contributed by atoms with van der Waals surface area (Å²) >= 11 is 23.0. The van der Waals surface area contributed by atoms with Crippen molar-refractivity contribution in [2.24, 2.45) is 0 Å². The number of benzene rings is 2. The van der Waals surface area contributed by atoms with Gasteiger partial charge >= 0.3 is 5.97 Å². The number of ether oxygens (including phenoxy) is 2. The molecule has 0 spiro atoms. The van der Waals surface area contributed by atoms with E-state index in [0.717, 1.165) is 0 Å². The van der Waals surface area contributed by atoms with Gasteiger partial charge in [-0.1, -0.05) is 34.8 Å². The first-order chi connectivity index (χ1) is 10.4. The molecule has 2 rings (SSSR count). The van der Waals surface area contributed by atoms with E-state index < -0.39 is 5.97 Å². The van der Waals surface area contributed by atoms with E-state index >= 15 is 0 Å². The van der Waals surface area contributed by atoms with E-state index in [1.54, 1.807) is 24.3 Å². The molecule has 0 amide bonds. The van der Waals surface area contributed by atoms with E-state index in [9.17, 15) is 4.79 Å². The number of thiocarbonyl (C=S) groups is 1. The number of carbonyl (C=O) groups is 1. The molecule has 0 aliphatic carbocycles. The SMILES string of the molecule is CC(=O)Oc1ccc(C(=S)Oc2cc(Cl)c(Cl)cc2Cl)cc1. The Bertz CT molecular complexity index is 730. The van der Waals surface area contributed by atoms with Crippen molar-refractivity contribution >= 4 is 58.0 Å². The van der Waals surface area contributed by atoms with Crippen molar-refractivity contribution < 1.29 is 14.3 Å². The van der Waals surface area contributed by atoms with Crippen molar-refractivity contribution in [3.63, 3.8) is 0 Å². The van der Waals surface area contributed by atoms with Gasteiger partial charge in [-0.2, -0.15) is 0 Å². The molecule has 0 aromatic heterocycles. The van der Waals surface area contributed by atoms with E-state index in [1.165, 1.54) is 19.1 Å². The summed E-state index contributed by atoms with van der Waals surface area (Å²) in [4.78, 5) is 10.9. The van der Waals surface area contributed by atoms with Crippen LogP contribution >= 0.6 is 47.0 Å². The second-order valence-corrected chi connectivity index (χ2v) is 5.80. The highest BCUT2D eigenvalue weighted by atomic mass is 35.5. The second-order valence-electron chi connectivity index (χ2n) is 4.20. The summed E-state index contributed by atoms with van der Waals surface area (Å²) in [5.41, 5.74) is 0.632. The Hall–Kier alpha value is -1.33. The maximum Gasteiger partial charge on any atom is 0.308 e. The van der Waals surface area contributed by atoms with Crippen LogP contribution in [0.4, 0.5) is 0 Å². The van der Waals surface area contributed by atoms with Gasteiger partial charge in [-0.3, -0.25) is 4.79 Å². The third-order valence-corrected chi connectivity index (χ3v) is 3.87. The Morgan fingerprint density at radius 3 is 2.14 bits per heavy atom. The second kappa shape index (κ2) is 7.29. The zero-order chi connectivity index (χ0) is 16.3. The van der Waals surface area contributed by atoms with Crippen molar-refractivity contribution in [1.29, 1.82) is 0 Å². The van der Waals surface area contributed by atoms with Gasteiger partial charge in [-0.25, -0.2) is 0 Å². The number of carbonyl (C=O) groups excluding carboxylic acids is 1. The molecular formula is C15H9Cl3O3S. The van der Waals surface area contributed by atoms with Gasteiger partial charge in [0.1, 0.15) is 11.5 Å². The summed E-state index contributed by atoms with van der Waals surface area (Å²) in [7, 11) is 0. The van der Waals surface area contributed by atoms with Crippen molar-refractivity contribution in [3.05, 3.63) is 57.0 Å². The molecule has 22 heavy (non-hydrogen) atoms. The summed E-state index contributed by atoms with van der Waals surface area (Å²) in [6.45, 7) is 1.33. The lowest BCUT2D eigenvalue weighted by atomic mass is 10.2. The average molecular weight is 376 g/mol. The Morgan fingerprint density at radius 2 is 1.55 bits per heavy atom. The highest BCUT2D eigenvalue weighted by molar-refractivity contribution is 7.80. The number of hydrogen-bond donors (Lipinski definition) is 0. The molecular weight excluding hydrogens is 367 g/mol. The highest BCUT2D eigenvalue weighted by Crippen LogP contribution is 2.34. The largest absolute Gasteiger partial charge is 0.444 e. The van der Waals surface area contributed by atoms with Gasteiger partial charge in [0.2, 0.25) is 0 Å². The third-order valence-electron chi connectivity index (χ3n) is 2.53. The van der Waals surface area contributed by atoms with Crippen LogP contribution in [0.1, 0.15) is 12.5 Å². The molecule has 0 radical (unpaired) electrons. The van der Waals surface area contributed by atoms with Crippen molar-refractivity contribution in [1.82, 2.24) is 0 Å². The molecule has 3 nitrogen and oxygen atoms in total.